The summed E-state index contributed by atoms with van der Waals surface area (Å²) in [5.74, 6) is 0.386. The maximum absolute atomic E-state index is 12.5. The Morgan fingerprint density at radius 2 is 1.88 bits per heavy atom. The fraction of sp³-hybridized carbons (Fsp3) is 0.389. The summed E-state index contributed by atoms with van der Waals surface area (Å²) in [6.45, 7) is 3.13. The summed E-state index contributed by atoms with van der Waals surface area (Å²) < 4.78 is 32.5. The number of hydrogen-bond donors (Lipinski definition) is 1. The first-order valence-corrected chi connectivity index (χ1v) is 10.8. The van der Waals surface area contributed by atoms with Crippen LogP contribution in [0.2, 0.25) is 0 Å². The number of thiophene rings is 1. The van der Waals surface area contributed by atoms with E-state index in [1.807, 2.05) is 18.2 Å². The Kier molecular flexibility index (Phi) is 5.95. The lowest BCUT2D eigenvalue weighted by molar-refractivity contribution is -0.127. The molecule has 1 aromatic carbocycles. The van der Waals surface area contributed by atoms with Crippen molar-refractivity contribution in [3.8, 4) is 5.75 Å². The zero-order valence-electron chi connectivity index (χ0n) is 14.6. The number of para-hydroxylation sites is 1. The molecule has 1 fully saturated rings. The maximum atomic E-state index is 12.5. The molecule has 26 heavy (non-hydrogen) atoms. The third-order valence-corrected chi connectivity index (χ3v) is 7.61. The highest BCUT2D eigenvalue weighted by molar-refractivity contribution is 7.91. The predicted octanol–water partition coefficient (Wildman–Crippen LogP) is 2.62. The molecule has 2 heterocycles. The molecule has 1 saturated heterocycles. The van der Waals surface area contributed by atoms with Gasteiger partial charge in [-0.25, -0.2) is 8.42 Å². The average molecular weight is 395 g/mol. The highest BCUT2D eigenvalue weighted by Gasteiger charge is 2.28. The van der Waals surface area contributed by atoms with Gasteiger partial charge >= 0.3 is 0 Å². The van der Waals surface area contributed by atoms with Crippen molar-refractivity contribution in [2.75, 3.05) is 13.1 Å². The standard InChI is InChI=1S/C18H22N2O4S2/c1-14(24-15-7-3-2-4-8-15)18(21)19-13-16-9-10-17(25-16)26(22,23)20-11-5-6-12-20/h2-4,7-10,14H,5-6,11-13H2,1H3,(H,19,21)/t14-/m1/s1. The van der Waals surface area contributed by atoms with Gasteiger partial charge in [0.15, 0.2) is 6.10 Å². The molecule has 1 N–H and O–H groups in total. The van der Waals surface area contributed by atoms with E-state index in [-0.39, 0.29) is 12.5 Å². The van der Waals surface area contributed by atoms with Crippen LogP contribution >= 0.6 is 11.3 Å². The van der Waals surface area contributed by atoms with Crippen LogP contribution in [-0.4, -0.2) is 37.8 Å². The molecule has 1 aliphatic rings. The number of hydrogen-bond acceptors (Lipinski definition) is 5. The van der Waals surface area contributed by atoms with Gasteiger partial charge in [0.2, 0.25) is 0 Å². The highest BCUT2D eigenvalue weighted by atomic mass is 32.2. The molecular weight excluding hydrogens is 372 g/mol. The summed E-state index contributed by atoms with van der Waals surface area (Å²) in [5, 5.41) is 2.79. The van der Waals surface area contributed by atoms with Gasteiger partial charge in [0.1, 0.15) is 9.96 Å². The smallest absolute Gasteiger partial charge is 0.261 e. The van der Waals surface area contributed by atoms with Crippen LogP contribution in [0.3, 0.4) is 0 Å². The van der Waals surface area contributed by atoms with Gasteiger partial charge in [-0.2, -0.15) is 4.31 Å². The van der Waals surface area contributed by atoms with Crippen molar-refractivity contribution in [2.24, 2.45) is 0 Å². The molecule has 6 nitrogen and oxygen atoms in total. The number of amides is 1. The number of ether oxygens (including phenoxy) is 1. The minimum absolute atomic E-state index is 0.244. The van der Waals surface area contributed by atoms with E-state index in [1.165, 1.54) is 15.6 Å². The van der Waals surface area contributed by atoms with Crippen LogP contribution in [0.5, 0.6) is 5.75 Å². The van der Waals surface area contributed by atoms with E-state index in [4.69, 9.17) is 4.74 Å². The third-order valence-electron chi connectivity index (χ3n) is 4.16. The molecule has 0 unspecified atom stereocenters. The molecule has 0 radical (unpaired) electrons. The fourth-order valence-corrected chi connectivity index (χ4v) is 5.69. The Labute approximate surface area is 157 Å². The number of nitrogens with one attached hydrogen (secondary N) is 1. The zero-order valence-corrected chi connectivity index (χ0v) is 16.2. The Morgan fingerprint density at radius 3 is 2.58 bits per heavy atom. The molecule has 1 amide bonds. The van der Waals surface area contributed by atoms with Crippen molar-refractivity contribution < 1.29 is 17.9 Å². The normalized spacial score (nSPS) is 16.3. The fourth-order valence-electron chi connectivity index (χ4n) is 2.72. The number of benzene rings is 1. The van der Waals surface area contributed by atoms with E-state index in [1.54, 1.807) is 31.2 Å². The quantitative estimate of drug-likeness (QED) is 0.783. The van der Waals surface area contributed by atoms with Crippen molar-refractivity contribution in [2.45, 2.75) is 36.6 Å². The van der Waals surface area contributed by atoms with Crippen molar-refractivity contribution in [3.05, 3.63) is 47.3 Å². The van der Waals surface area contributed by atoms with E-state index < -0.39 is 16.1 Å². The number of carbonyl (C=O) groups is 1. The lowest BCUT2D eigenvalue weighted by Crippen LogP contribution is -2.35. The van der Waals surface area contributed by atoms with Gasteiger partial charge in [-0.3, -0.25) is 4.79 Å². The van der Waals surface area contributed by atoms with Gasteiger partial charge in [-0.15, -0.1) is 11.3 Å². The second-order valence-electron chi connectivity index (χ2n) is 6.12. The molecule has 0 bridgehead atoms. The molecule has 8 heteroatoms. The molecule has 1 aliphatic heterocycles. The first-order valence-electron chi connectivity index (χ1n) is 8.55. The molecule has 140 valence electrons. The minimum atomic E-state index is -3.40. The van der Waals surface area contributed by atoms with E-state index in [0.29, 0.717) is 23.0 Å². The van der Waals surface area contributed by atoms with Gasteiger partial charge < -0.3 is 10.1 Å². The van der Waals surface area contributed by atoms with Crippen LogP contribution in [0, 0.1) is 0 Å². The van der Waals surface area contributed by atoms with Gasteiger partial charge in [0.05, 0.1) is 6.54 Å². The lowest BCUT2D eigenvalue weighted by Gasteiger charge is -2.14. The summed E-state index contributed by atoms with van der Waals surface area (Å²) in [6, 6.07) is 12.5. The van der Waals surface area contributed by atoms with Gasteiger partial charge in [-0.1, -0.05) is 18.2 Å². The van der Waals surface area contributed by atoms with Crippen LogP contribution in [0.4, 0.5) is 0 Å². The second kappa shape index (κ2) is 8.20. The Bertz CT molecular complexity index is 843. The van der Waals surface area contributed by atoms with Crippen LogP contribution in [0.15, 0.2) is 46.7 Å². The van der Waals surface area contributed by atoms with Crippen LogP contribution in [0.1, 0.15) is 24.6 Å². The van der Waals surface area contributed by atoms with Crippen molar-refractivity contribution in [1.29, 1.82) is 0 Å². The van der Waals surface area contributed by atoms with Gasteiger partial charge in [0, 0.05) is 18.0 Å². The molecule has 3 rings (SSSR count). The van der Waals surface area contributed by atoms with Crippen LogP contribution in [-0.2, 0) is 21.4 Å². The topological polar surface area (TPSA) is 75.7 Å². The SMILES string of the molecule is C[C@@H](Oc1ccccc1)C(=O)NCc1ccc(S(=O)(=O)N2CCCC2)s1. The summed E-state index contributed by atoms with van der Waals surface area (Å²) in [6.07, 6.45) is 1.18. The lowest BCUT2D eigenvalue weighted by atomic mass is 10.3. The van der Waals surface area contributed by atoms with E-state index in [9.17, 15) is 13.2 Å². The molecule has 1 aromatic heterocycles. The van der Waals surface area contributed by atoms with Gasteiger partial charge in [0.25, 0.3) is 15.9 Å². The molecule has 0 aliphatic carbocycles. The third kappa shape index (κ3) is 4.44. The number of sulfonamides is 1. The number of rotatable bonds is 7. The predicted molar refractivity (Wildman–Crippen MR) is 101 cm³/mol. The van der Waals surface area contributed by atoms with Crippen molar-refractivity contribution >= 4 is 27.3 Å². The molecular formula is C18H22N2O4S2. The Morgan fingerprint density at radius 1 is 1.19 bits per heavy atom. The van der Waals surface area contributed by atoms with Crippen LogP contribution < -0.4 is 10.1 Å². The van der Waals surface area contributed by atoms with Crippen molar-refractivity contribution in [1.82, 2.24) is 9.62 Å². The molecule has 2 aromatic rings. The van der Waals surface area contributed by atoms with E-state index in [0.717, 1.165) is 17.7 Å². The summed E-state index contributed by atoms with van der Waals surface area (Å²) >= 11 is 1.20. The summed E-state index contributed by atoms with van der Waals surface area (Å²) in [5.41, 5.74) is 0. The van der Waals surface area contributed by atoms with Crippen molar-refractivity contribution in [3.63, 3.8) is 0 Å². The largest absolute Gasteiger partial charge is 0.481 e. The highest BCUT2D eigenvalue weighted by Crippen LogP contribution is 2.27. The second-order valence-corrected chi connectivity index (χ2v) is 9.46. The van der Waals surface area contributed by atoms with Gasteiger partial charge in [-0.05, 0) is 44.0 Å². The minimum Gasteiger partial charge on any atom is -0.481 e. The average Bonchev–Trinajstić information content (AvgIpc) is 3.32. The first kappa shape index (κ1) is 18.9. The molecule has 1 atom stereocenters. The first-order chi connectivity index (χ1) is 12.5. The number of carbonyl (C=O) groups excluding carboxylic acids is 1. The molecule has 0 spiro atoms. The summed E-state index contributed by atoms with van der Waals surface area (Å²) in [4.78, 5) is 13.0. The monoisotopic (exact) mass is 394 g/mol. The zero-order chi connectivity index (χ0) is 18.6. The van der Waals surface area contributed by atoms with E-state index >= 15 is 0 Å². The summed E-state index contributed by atoms with van der Waals surface area (Å²) in [7, 11) is -3.40. The van der Waals surface area contributed by atoms with E-state index in [2.05, 4.69) is 5.32 Å². The number of nitrogens with zero attached hydrogens (tertiary/aromatic N) is 1. The Hall–Kier alpha value is -1.90. The maximum Gasteiger partial charge on any atom is 0.261 e. The van der Waals surface area contributed by atoms with Crippen LogP contribution in [0.25, 0.3) is 0 Å². The molecule has 0 saturated carbocycles. The Balaban J connectivity index is 1.55.